The molecule has 0 aliphatic carbocycles. The summed E-state index contributed by atoms with van der Waals surface area (Å²) >= 11 is 12.5. The smallest absolute Gasteiger partial charge is 0.0622 e. The Bertz CT molecular complexity index is 599. The summed E-state index contributed by atoms with van der Waals surface area (Å²) in [5.74, 6) is 0. The molecule has 0 bridgehead atoms. The fraction of sp³-hybridized carbons (Fsp3) is 0.353. The van der Waals surface area contributed by atoms with Gasteiger partial charge in [-0.05, 0) is 55.1 Å². The van der Waals surface area contributed by atoms with Gasteiger partial charge >= 0.3 is 0 Å². The van der Waals surface area contributed by atoms with E-state index < -0.39 is 0 Å². The van der Waals surface area contributed by atoms with E-state index in [4.69, 9.17) is 23.2 Å². The molecule has 21 heavy (non-hydrogen) atoms. The molecule has 0 saturated heterocycles. The van der Waals surface area contributed by atoms with Crippen molar-refractivity contribution in [2.45, 2.75) is 32.7 Å². The van der Waals surface area contributed by atoms with Crippen LogP contribution in [0.5, 0.6) is 0 Å². The minimum absolute atomic E-state index is 0.198. The Kier molecular flexibility index (Phi) is 6.04. The highest BCUT2D eigenvalue weighted by molar-refractivity contribution is 6.31. The molecular weight excluding hydrogens is 303 g/mol. The number of rotatable bonds is 6. The van der Waals surface area contributed by atoms with Gasteiger partial charge in [-0.15, -0.1) is 0 Å². The number of nitrogens with one attached hydrogen (secondary N) is 1. The first-order valence-electron chi connectivity index (χ1n) is 7.20. The van der Waals surface area contributed by atoms with Gasteiger partial charge in [-0.1, -0.05) is 42.3 Å². The van der Waals surface area contributed by atoms with E-state index in [0.29, 0.717) is 5.02 Å². The fourth-order valence-corrected chi connectivity index (χ4v) is 2.78. The molecule has 0 amide bonds. The van der Waals surface area contributed by atoms with Gasteiger partial charge in [0.1, 0.15) is 0 Å². The topological polar surface area (TPSA) is 24.9 Å². The summed E-state index contributed by atoms with van der Waals surface area (Å²) in [5, 5.41) is 5.10. The molecule has 1 aromatic carbocycles. The highest BCUT2D eigenvalue weighted by Gasteiger charge is 2.16. The summed E-state index contributed by atoms with van der Waals surface area (Å²) in [4.78, 5) is 4.05. The van der Waals surface area contributed by atoms with Gasteiger partial charge in [0.05, 0.1) is 5.02 Å². The van der Waals surface area contributed by atoms with Crippen LogP contribution in [0.4, 0.5) is 0 Å². The first-order chi connectivity index (χ1) is 10.1. The van der Waals surface area contributed by atoms with Gasteiger partial charge in [0.25, 0.3) is 0 Å². The second-order valence-corrected chi connectivity index (χ2v) is 5.95. The van der Waals surface area contributed by atoms with Crippen LogP contribution in [0.15, 0.2) is 36.7 Å². The molecule has 2 rings (SSSR count). The van der Waals surface area contributed by atoms with Crippen LogP contribution in [-0.4, -0.2) is 11.5 Å². The van der Waals surface area contributed by atoms with E-state index in [-0.39, 0.29) is 6.04 Å². The Hall–Kier alpha value is -1.09. The zero-order chi connectivity index (χ0) is 15.2. The van der Waals surface area contributed by atoms with E-state index in [0.717, 1.165) is 35.5 Å². The molecule has 112 valence electrons. The van der Waals surface area contributed by atoms with E-state index in [9.17, 15) is 0 Å². The zero-order valence-electron chi connectivity index (χ0n) is 12.4. The highest BCUT2D eigenvalue weighted by atomic mass is 35.5. The lowest BCUT2D eigenvalue weighted by atomic mass is 9.95. The third-order valence-corrected chi connectivity index (χ3v) is 4.36. The summed E-state index contributed by atoms with van der Waals surface area (Å²) in [6, 6.07) is 8.23. The lowest BCUT2D eigenvalue weighted by Gasteiger charge is -2.22. The van der Waals surface area contributed by atoms with Crippen LogP contribution in [-0.2, 0) is 6.42 Å². The number of nitrogens with zero attached hydrogens (tertiary/aromatic N) is 1. The SMILES string of the molecule is CCCNC(Cc1ccncc1Cl)c1cccc(Cl)c1C. The van der Waals surface area contributed by atoms with Crippen molar-refractivity contribution in [2.24, 2.45) is 0 Å². The average Bonchev–Trinajstić information content (AvgIpc) is 2.48. The molecule has 1 heterocycles. The van der Waals surface area contributed by atoms with Crippen molar-refractivity contribution in [3.05, 3.63) is 63.4 Å². The van der Waals surface area contributed by atoms with Gasteiger partial charge in [0.2, 0.25) is 0 Å². The van der Waals surface area contributed by atoms with Gasteiger partial charge in [0.15, 0.2) is 0 Å². The van der Waals surface area contributed by atoms with Crippen LogP contribution in [0.2, 0.25) is 10.0 Å². The zero-order valence-corrected chi connectivity index (χ0v) is 13.9. The number of pyridine rings is 1. The average molecular weight is 323 g/mol. The van der Waals surface area contributed by atoms with Gasteiger partial charge in [-0.25, -0.2) is 0 Å². The van der Waals surface area contributed by atoms with Gasteiger partial charge in [0, 0.05) is 23.5 Å². The molecule has 1 N–H and O–H groups in total. The summed E-state index contributed by atoms with van der Waals surface area (Å²) in [5.41, 5.74) is 3.45. The monoisotopic (exact) mass is 322 g/mol. The first-order valence-corrected chi connectivity index (χ1v) is 7.95. The molecule has 1 atom stereocenters. The molecule has 0 saturated carbocycles. The van der Waals surface area contributed by atoms with Crippen LogP contribution in [0, 0.1) is 6.92 Å². The second kappa shape index (κ2) is 7.79. The van der Waals surface area contributed by atoms with E-state index >= 15 is 0 Å². The van der Waals surface area contributed by atoms with Crippen molar-refractivity contribution in [1.82, 2.24) is 10.3 Å². The Morgan fingerprint density at radius 2 is 2.00 bits per heavy atom. The van der Waals surface area contributed by atoms with Crippen LogP contribution in [0.3, 0.4) is 0 Å². The van der Waals surface area contributed by atoms with Crippen molar-refractivity contribution in [1.29, 1.82) is 0 Å². The number of benzene rings is 1. The highest BCUT2D eigenvalue weighted by Crippen LogP contribution is 2.28. The molecule has 2 nitrogen and oxygen atoms in total. The van der Waals surface area contributed by atoms with Crippen molar-refractivity contribution < 1.29 is 0 Å². The third-order valence-electron chi connectivity index (χ3n) is 3.61. The minimum atomic E-state index is 0.198. The van der Waals surface area contributed by atoms with E-state index in [1.807, 2.05) is 18.2 Å². The van der Waals surface area contributed by atoms with E-state index in [1.54, 1.807) is 12.4 Å². The molecule has 0 aliphatic rings. The lowest BCUT2D eigenvalue weighted by Crippen LogP contribution is -2.25. The molecule has 2 aromatic rings. The Morgan fingerprint density at radius 3 is 2.71 bits per heavy atom. The molecule has 1 unspecified atom stereocenters. The Morgan fingerprint density at radius 1 is 1.19 bits per heavy atom. The van der Waals surface area contributed by atoms with Crippen LogP contribution < -0.4 is 5.32 Å². The summed E-state index contributed by atoms with van der Waals surface area (Å²) in [6.45, 7) is 5.18. The molecule has 4 heteroatoms. The maximum atomic E-state index is 6.26. The summed E-state index contributed by atoms with van der Waals surface area (Å²) in [7, 11) is 0. The number of hydrogen-bond donors (Lipinski definition) is 1. The molecular formula is C17H20Cl2N2. The predicted octanol–water partition coefficient (Wildman–Crippen LogP) is 4.98. The lowest BCUT2D eigenvalue weighted by molar-refractivity contribution is 0.527. The molecule has 0 fully saturated rings. The maximum absolute atomic E-state index is 6.26. The second-order valence-electron chi connectivity index (χ2n) is 5.13. The van der Waals surface area contributed by atoms with Crippen molar-refractivity contribution in [3.8, 4) is 0 Å². The van der Waals surface area contributed by atoms with Crippen molar-refractivity contribution >= 4 is 23.2 Å². The van der Waals surface area contributed by atoms with Gasteiger partial charge in [-0.3, -0.25) is 4.98 Å². The molecule has 0 spiro atoms. The van der Waals surface area contributed by atoms with Crippen LogP contribution in [0.25, 0.3) is 0 Å². The number of aromatic nitrogens is 1. The maximum Gasteiger partial charge on any atom is 0.0622 e. The minimum Gasteiger partial charge on any atom is -0.310 e. The number of hydrogen-bond acceptors (Lipinski definition) is 2. The fourth-order valence-electron chi connectivity index (χ4n) is 2.40. The third kappa shape index (κ3) is 4.19. The molecule has 0 aliphatic heterocycles. The standard InChI is InChI=1S/C17H20Cl2N2/c1-3-8-21-17(10-13-7-9-20-11-16(13)19)14-5-4-6-15(18)12(14)2/h4-7,9,11,17,21H,3,8,10H2,1-2H3. The van der Waals surface area contributed by atoms with Crippen molar-refractivity contribution in [2.75, 3.05) is 6.54 Å². The summed E-state index contributed by atoms with van der Waals surface area (Å²) < 4.78 is 0. The van der Waals surface area contributed by atoms with E-state index in [1.165, 1.54) is 5.56 Å². The van der Waals surface area contributed by atoms with Crippen LogP contribution in [0.1, 0.15) is 36.1 Å². The Labute approximate surface area is 136 Å². The van der Waals surface area contributed by atoms with Gasteiger partial charge in [-0.2, -0.15) is 0 Å². The quantitative estimate of drug-likeness (QED) is 0.811. The van der Waals surface area contributed by atoms with Crippen LogP contribution >= 0.6 is 23.2 Å². The van der Waals surface area contributed by atoms with Gasteiger partial charge < -0.3 is 5.32 Å². The Balaban J connectivity index is 2.30. The number of halogens is 2. The summed E-state index contributed by atoms with van der Waals surface area (Å²) in [6.07, 6.45) is 5.38. The predicted molar refractivity (Wildman–Crippen MR) is 90.2 cm³/mol. The first kappa shape index (κ1) is 16.3. The molecule has 0 radical (unpaired) electrons. The normalized spacial score (nSPS) is 12.4. The van der Waals surface area contributed by atoms with Crippen molar-refractivity contribution in [3.63, 3.8) is 0 Å². The molecule has 1 aromatic heterocycles. The van der Waals surface area contributed by atoms with E-state index in [2.05, 4.69) is 30.2 Å². The largest absolute Gasteiger partial charge is 0.310 e.